The van der Waals surface area contributed by atoms with Gasteiger partial charge in [-0.1, -0.05) is 132 Å². The van der Waals surface area contributed by atoms with E-state index in [2.05, 4.69) is 62.5 Å². The van der Waals surface area contributed by atoms with Crippen LogP contribution in [0.3, 0.4) is 0 Å². The number of hydrogen-bond acceptors (Lipinski definition) is 7. The summed E-state index contributed by atoms with van der Waals surface area (Å²) >= 11 is 0. The summed E-state index contributed by atoms with van der Waals surface area (Å²) in [6.07, 6.45) is 40.2. The highest BCUT2D eigenvalue weighted by atomic mass is 16.7. The van der Waals surface area contributed by atoms with E-state index in [1.807, 2.05) is 33.3 Å². The zero-order valence-corrected chi connectivity index (χ0v) is 34.9. The molecule has 0 heterocycles. The van der Waals surface area contributed by atoms with Crippen LogP contribution in [0.5, 0.6) is 0 Å². The highest BCUT2D eigenvalue weighted by molar-refractivity contribution is 5.71. The van der Waals surface area contributed by atoms with Crippen molar-refractivity contribution in [1.29, 1.82) is 0 Å². The molecule has 0 aliphatic rings. The smallest absolute Gasteiger partial charge is 0.361 e. The van der Waals surface area contributed by atoms with Crippen molar-refractivity contribution < 1.29 is 42.9 Å². The highest BCUT2D eigenvalue weighted by Crippen LogP contribution is 2.12. The molecule has 0 rings (SSSR count). The van der Waals surface area contributed by atoms with Crippen LogP contribution in [0.2, 0.25) is 0 Å². The molecule has 0 aliphatic heterocycles. The summed E-state index contributed by atoms with van der Waals surface area (Å²) in [7, 11) is 5.92. The standard InChI is InChI=1S/C45H77NO8/c1-6-8-10-12-14-16-18-20-21-22-24-25-27-29-31-33-35-42(47)52-39-41(40-53-45(44(49)50)51-38-37-46(3,4)5)54-43(48)36-34-32-30-28-26-23-19-17-15-13-11-9-7-2/h9,11,15,17,21-23,26,30,32,41,45H,6-8,10,12-14,16,18-20,24-25,27-29,31,33-40H2,1-5H3/p+1/b11-9-,17-15-,22-21-,26-23-,32-30-. The minimum Gasteiger partial charge on any atom is -0.477 e. The summed E-state index contributed by atoms with van der Waals surface area (Å²) in [5.41, 5.74) is 0. The highest BCUT2D eigenvalue weighted by Gasteiger charge is 2.25. The third-order valence-corrected chi connectivity index (χ3v) is 8.52. The number of likely N-dealkylation sites (N-methyl/N-ethyl adjacent to an activating group) is 1. The number of esters is 2. The molecule has 0 aromatic rings. The van der Waals surface area contributed by atoms with Crippen molar-refractivity contribution in [2.24, 2.45) is 0 Å². The van der Waals surface area contributed by atoms with Crippen LogP contribution in [0.4, 0.5) is 0 Å². The third kappa shape index (κ3) is 37.3. The molecule has 0 fully saturated rings. The number of carbonyl (C=O) groups excluding carboxylic acids is 2. The van der Waals surface area contributed by atoms with Gasteiger partial charge < -0.3 is 28.5 Å². The quantitative estimate of drug-likeness (QED) is 0.0219. The summed E-state index contributed by atoms with van der Waals surface area (Å²) in [6.45, 7) is 4.63. The van der Waals surface area contributed by atoms with Crippen LogP contribution in [0.25, 0.3) is 0 Å². The fourth-order valence-corrected chi connectivity index (χ4v) is 5.25. The monoisotopic (exact) mass is 761 g/mol. The van der Waals surface area contributed by atoms with Crippen LogP contribution in [0, 0.1) is 0 Å². The van der Waals surface area contributed by atoms with Crippen LogP contribution in [0.1, 0.15) is 149 Å². The van der Waals surface area contributed by atoms with Crippen molar-refractivity contribution in [3.05, 3.63) is 60.8 Å². The molecule has 0 saturated carbocycles. The SMILES string of the molecule is CC/C=C\C/C=C\C/C=C\C/C=C\CCC(=O)OC(COC(=O)CCCCCCC/C=C\CCCCCCCCC)COC(OCC[N+](C)(C)C)C(=O)O. The van der Waals surface area contributed by atoms with Crippen LogP contribution < -0.4 is 0 Å². The number of hydrogen-bond donors (Lipinski definition) is 1. The summed E-state index contributed by atoms with van der Waals surface area (Å²) in [4.78, 5) is 36.9. The van der Waals surface area contributed by atoms with Gasteiger partial charge in [-0.05, 0) is 64.2 Å². The number of nitrogens with zero attached hydrogens (tertiary/aromatic N) is 1. The summed E-state index contributed by atoms with van der Waals surface area (Å²) < 4.78 is 22.6. The van der Waals surface area contributed by atoms with Gasteiger partial charge in [-0.3, -0.25) is 9.59 Å². The number of carboxylic acids is 1. The van der Waals surface area contributed by atoms with Crippen molar-refractivity contribution in [3.8, 4) is 0 Å². The molecule has 2 unspecified atom stereocenters. The second kappa shape index (κ2) is 36.9. The van der Waals surface area contributed by atoms with Crippen LogP contribution in [-0.4, -0.2) is 87.4 Å². The molecule has 2 atom stereocenters. The van der Waals surface area contributed by atoms with Gasteiger partial charge in [0, 0.05) is 12.8 Å². The number of ether oxygens (including phenoxy) is 4. The van der Waals surface area contributed by atoms with Gasteiger partial charge in [-0.15, -0.1) is 0 Å². The molecule has 0 bridgehead atoms. The molecule has 0 amide bonds. The molecular formula is C45H78NO8+. The Morgan fingerprint density at radius 3 is 1.65 bits per heavy atom. The first-order valence-corrected chi connectivity index (χ1v) is 21.0. The number of rotatable bonds is 37. The first kappa shape index (κ1) is 51.0. The number of carbonyl (C=O) groups is 3. The maximum Gasteiger partial charge on any atom is 0.361 e. The number of carboxylic acid groups (broad SMARTS) is 1. The van der Waals surface area contributed by atoms with Crippen molar-refractivity contribution in [3.63, 3.8) is 0 Å². The summed E-state index contributed by atoms with van der Waals surface area (Å²) in [5.74, 6) is -2.14. The molecule has 1 N–H and O–H groups in total. The Labute approximate surface area is 329 Å². The van der Waals surface area contributed by atoms with E-state index >= 15 is 0 Å². The van der Waals surface area contributed by atoms with E-state index in [1.54, 1.807) is 0 Å². The van der Waals surface area contributed by atoms with Gasteiger partial charge in [0.05, 0.1) is 34.4 Å². The van der Waals surface area contributed by atoms with Crippen molar-refractivity contribution in [1.82, 2.24) is 0 Å². The van der Waals surface area contributed by atoms with Crippen LogP contribution in [0.15, 0.2) is 60.8 Å². The van der Waals surface area contributed by atoms with Crippen molar-refractivity contribution in [2.75, 3.05) is 47.5 Å². The van der Waals surface area contributed by atoms with E-state index < -0.39 is 24.3 Å². The Kier molecular flexibility index (Phi) is 34.9. The molecule has 310 valence electrons. The number of allylic oxidation sites excluding steroid dienone is 10. The number of unbranched alkanes of at least 4 members (excludes halogenated alkanes) is 12. The lowest BCUT2D eigenvalue weighted by atomic mass is 10.1. The van der Waals surface area contributed by atoms with Crippen LogP contribution in [-0.2, 0) is 33.3 Å². The lowest BCUT2D eigenvalue weighted by Crippen LogP contribution is -2.40. The molecule has 54 heavy (non-hydrogen) atoms. The zero-order chi connectivity index (χ0) is 40.0. The fraction of sp³-hybridized carbons (Fsp3) is 0.711. The molecule has 0 aromatic carbocycles. The maximum atomic E-state index is 12.7. The molecular weight excluding hydrogens is 682 g/mol. The van der Waals surface area contributed by atoms with Gasteiger partial charge >= 0.3 is 17.9 Å². The number of aliphatic carboxylic acids is 1. The largest absolute Gasteiger partial charge is 0.477 e. The van der Waals surface area contributed by atoms with E-state index in [-0.39, 0.29) is 38.6 Å². The predicted molar refractivity (Wildman–Crippen MR) is 221 cm³/mol. The van der Waals surface area contributed by atoms with E-state index in [0.717, 1.165) is 64.2 Å². The molecule has 0 radical (unpaired) electrons. The Bertz CT molecular complexity index is 1070. The lowest BCUT2D eigenvalue weighted by molar-refractivity contribution is -0.870. The van der Waals surface area contributed by atoms with Gasteiger partial charge in [-0.25, -0.2) is 4.79 Å². The van der Waals surface area contributed by atoms with E-state index in [0.29, 0.717) is 17.4 Å². The van der Waals surface area contributed by atoms with Crippen molar-refractivity contribution in [2.45, 2.75) is 161 Å². The van der Waals surface area contributed by atoms with Gasteiger partial charge in [0.1, 0.15) is 13.2 Å². The zero-order valence-electron chi connectivity index (χ0n) is 34.9. The lowest BCUT2D eigenvalue weighted by Gasteiger charge is -2.25. The molecule has 0 saturated heterocycles. The minimum absolute atomic E-state index is 0.135. The third-order valence-electron chi connectivity index (χ3n) is 8.52. The van der Waals surface area contributed by atoms with E-state index in [1.165, 1.54) is 51.4 Å². The molecule has 0 aromatic heterocycles. The first-order chi connectivity index (χ1) is 26.1. The molecule has 0 spiro atoms. The predicted octanol–water partition coefficient (Wildman–Crippen LogP) is 10.6. The fourth-order valence-electron chi connectivity index (χ4n) is 5.25. The summed E-state index contributed by atoms with van der Waals surface area (Å²) in [5, 5.41) is 9.60. The van der Waals surface area contributed by atoms with Gasteiger partial charge in [0.25, 0.3) is 6.29 Å². The molecule has 9 heteroatoms. The Balaban J connectivity index is 4.58. The molecule has 9 nitrogen and oxygen atoms in total. The van der Waals surface area contributed by atoms with Gasteiger partial charge in [0.15, 0.2) is 6.10 Å². The number of quaternary nitrogens is 1. The summed E-state index contributed by atoms with van der Waals surface area (Å²) in [6, 6.07) is 0. The second-order valence-corrected chi connectivity index (χ2v) is 14.9. The van der Waals surface area contributed by atoms with E-state index in [4.69, 9.17) is 18.9 Å². The maximum absolute atomic E-state index is 12.7. The Morgan fingerprint density at radius 1 is 0.574 bits per heavy atom. The normalized spacial score (nSPS) is 13.6. The van der Waals surface area contributed by atoms with Crippen LogP contribution >= 0.6 is 0 Å². The first-order valence-electron chi connectivity index (χ1n) is 21.0. The van der Waals surface area contributed by atoms with Gasteiger partial charge in [-0.2, -0.15) is 0 Å². The topological polar surface area (TPSA) is 108 Å². The molecule has 0 aliphatic carbocycles. The average Bonchev–Trinajstić information content (AvgIpc) is 3.12. The minimum atomic E-state index is -1.53. The van der Waals surface area contributed by atoms with E-state index in [9.17, 15) is 19.5 Å². The average molecular weight is 761 g/mol. The second-order valence-electron chi connectivity index (χ2n) is 14.9. The Hall–Kier alpha value is -3.01. The van der Waals surface area contributed by atoms with Gasteiger partial charge in [0.2, 0.25) is 0 Å². The van der Waals surface area contributed by atoms with Crippen molar-refractivity contribution >= 4 is 17.9 Å². The Morgan fingerprint density at radius 2 is 1.09 bits per heavy atom.